The fourth-order valence-electron chi connectivity index (χ4n) is 1.63. The van der Waals surface area contributed by atoms with Crippen LogP contribution in [0.25, 0.3) is 0 Å². The summed E-state index contributed by atoms with van der Waals surface area (Å²) in [4.78, 5) is 11.0. The van der Waals surface area contributed by atoms with E-state index < -0.39 is 24.7 Å². The van der Waals surface area contributed by atoms with Crippen LogP contribution in [0.5, 0.6) is 0 Å². The van der Waals surface area contributed by atoms with Crippen LogP contribution >= 0.6 is 28.3 Å². The molecule has 1 fully saturated rings. The maximum absolute atomic E-state index is 13.6. The quantitative estimate of drug-likeness (QED) is 0.847. The first-order valence-electron chi connectivity index (χ1n) is 4.97. The molecule has 3 nitrogen and oxygen atoms in total. The van der Waals surface area contributed by atoms with Crippen molar-refractivity contribution in [3.63, 3.8) is 0 Å². The lowest BCUT2D eigenvalue weighted by atomic mass is 9.99. The maximum atomic E-state index is 13.6. The predicted molar refractivity (Wildman–Crippen MR) is 68.3 cm³/mol. The number of amides is 1. The van der Waals surface area contributed by atoms with E-state index in [0.29, 0.717) is 5.56 Å². The van der Waals surface area contributed by atoms with Crippen molar-refractivity contribution in [3.8, 4) is 0 Å². The van der Waals surface area contributed by atoms with Crippen molar-refractivity contribution < 1.29 is 18.3 Å². The molecule has 1 aliphatic heterocycles. The van der Waals surface area contributed by atoms with Crippen LogP contribution in [0.15, 0.2) is 22.7 Å². The monoisotopic (exact) mass is 341 g/mol. The summed E-state index contributed by atoms with van der Waals surface area (Å²) in [5.41, 5.74) is 1.29. The summed E-state index contributed by atoms with van der Waals surface area (Å²) < 4.78 is 32.2. The highest BCUT2D eigenvalue weighted by Gasteiger charge is 2.46. The first kappa shape index (κ1) is 15.2. The number of ether oxygens (including phenoxy) is 1. The van der Waals surface area contributed by atoms with E-state index in [4.69, 9.17) is 0 Å². The molecule has 2 rings (SSSR count). The second-order valence-corrected chi connectivity index (χ2v) is 4.78. The number of carbonyl (C=O) groups is 1. The van der Waals surface area contributed by atoms with Gasteiger partial charge < -0.3 is 10.1 Å². The fourth-order valence-corrected chi connectivity index (χ4v) is 2.02. The summed E-state index contributed by atoms with van der Waals surface area (Å²) in [7, 11) is 0. The molecular formula is C11H11BrClF2NO2. The minimum Gasteiger partial charge on any atom is -0.443 e. The standard InChI is InChI=1S/C11H10BrF2NO2.ClH/c1-6-2-3-7(4-8(6)12)9-11(13,14)5-17-10(16)15-9;/h2-4,9H,5H2,1H3,(H,15,16);1H/t9-;/m0./s1. The zero-order chi connectivity index (χ0) is 12.6. The molecule has 18 heavy (non-hydrogen) atoms. The minimum absolute atomic E-state index is 0. The van der Waals surface area contributed by atoms with Gasteiger partial charge in [0.15, 0.2) is 6.61 Å². The van der Waals surface area contributed by atoms with Crippen LogP contribution in [0.4, 0.5) is 13.6 Å². The van der Waals surface area contributed by atoms with Gasteiger partial charge in [-0.15, -0.1) is 12.4 Å². The smallest absolute Gasteiger partial charge is 0.408 e. The SMILES string of the molecule is Cc1ccc([C@@H]2NC(=O)OCC2(F)F)cc1Br.Cl. The Morgan fingerprint density at radius 3 is 2.78 bits per heavy atom. The number of benzene rings is 1. The second kappa shape index (κ2) is 5.40. The molecule has 0 unspecified atom stereocenters. The lowest BCUT2D eigenvalue weighted by Gasteiger charge is -2.32. The molecule has 1 saturated heterocycles. The zero-order valence-electron chi connectivity index (χ0n) is 9.38. The number of nitrogens with one attached hydrogen (secondary N) is 1. The van der Waals surface area contributed by atoms with E-state index in [1.54, 1.807) is 18.2 Å². The molecule has 1 aromatic rings. The Hall–Kier alpha value is -0.880. The van der Waals surface area contributed by atoms with Gasteiger partial charge in [0, 0.05) is 4.47 Å². The van der Waals surface area contributed by atoms with Crippen molar-refractivity contribution >= 4 is 34.4 Å². The maximum Gasteiger partial charge on any atom is 0.408 e. The largest absolute Gasteiger partial charge is 0.443 e. The van der Waals surface area contributed by atoms with Crippen molar-refractivity contribution in [2.45, 2.75) is 18.9 Å². The number of hydrogen-bond acceptors (Lipinski definition) is 2. The van der Waals surface area contributed by atoms with E-state index in [1.807, 2.05) is 6.92 Å². The van der Waals surface area contributed by atoms with Crippen LogP contribution in [0.1, 0.15) is 17.2 Å². The predicted octanol–water partition coefficient (Wildman–Crippen LogP) is 3.60. The zero-order valence-corrected chi connectivity index (χ0v) is 11.8. The van der Waals surface area contributed by atoms with E-state index in [-0.39, 0.29) is 12.4 Å². The Morgan fingerprint density at radius 1 is 1.50 bits per heavy atom. The van der Waals surface area contributed by atoms with Gasteiger partial charge in [0.05, 0.1) is 0 Å². The van der Waals surface area contributed by atoms with Crippen molar-refractivity contribution in [2.75, 3.05) is 6.61 Å². The van der Waals surface area contributed by atoms with E-state index in [0.717, 1.165) is 10.0 Å². The van der Waals surface area contributed by atoms with Gasteiger partial charge in [-0.05, 0) is 24.1 Å². The lowest BCUT2D eigenvalue weighted by Crippen LogP contribution is -2.49. The fraction of sp³-hybridized carbons (Fsp3) is 0.364. The van der Waals surface area contributed by atoms with Crippen molar-refractivity contribution in [1.29, 1.82) is 0 Å². The van der Waals surface area contributed by atoms with Crippen molar-refractivity contribution in [1.82, 2.24) is 5.32 Å². The normalized spacial score (nSPS) is 21.6. The Labute approximate surface area is 117 Å². The molecule has 0 saturated carbocycles. The number of carbonyl (C=O) groups excluding carboxylic acids is 1. The number of alkyl halides is 2. The molecule has 1 atom stereocenters. The van der Waals surface area contributed by atoms with Gasteiger partial charge in [0.1, 0.15) is 6.04 Å². The number of halogens is 4. The number of alkyl carbamates (subject to hydrolysis) is 1. The summed E-state index contributed by atoms with van der Waals surface area (Å²) in [5, 5.41) is 2.14. The molecule has 1 aliphatic rings. The molecule has 7 heteroatoms. The molecular weight excluding hydrogens is 331 g/mol. The third kappa shape index (κ3) is 2.92. The third-order valence-corrected chi connectivity index (χ3v) is 3.46. The number of hydrogen-bond donors (Lipinski definition) is 1. The summed E-state index contributed by atoms with van der Waals surface area (Å²) in [6.45, 7) is 0.962. The molecule has 0 bridgehead atoms. The van der Waals surface area contributed by atoms with E-state index >= 15 is 0 Å². The first-order valence-corrected chi connectivity index (χ1v) is 5.76. The summed E-state index contributed by atoms with van der Waals surface area (Å²) in [6, 6.07) is 3.53. The van der Waals surface area contributed by atoms with Gasteiger partial charge >= 0.3 is 12.0 Å². The van der Waals surface area contributed by atoms with Gasteiger partial charge in [0.2, 0.25) is 0 Å². The Bertz CT molecular complexity index is 470. The molecule has 1 heterocycles. The number of aryl methyl sites for hydroxylation is 1. The molecule has 1 amide bonds. The van der Waals surface area contributed by atoms with Gasteiger partial charge in [0.25, 0.3) is 0 Å². The van der Waals surface area contributed by atoms with Crippen LogP contribution in [0.2, 0.25) is 0 Å². The Morgan fingerprint density at radius 2 is 2.17 bits per heavy atom. The summed E-state index contributed by atoms with van der Waals surface area (Å²) in [6.07, 6.45) is -0.822. The molecule has 1 N–H and O–H groups in total. The van der Waals surface area contributed by atoms with Crippen LogP contribution in [-0.2, 0) is 4.74 Å². The van der Waals surface area contributed by atoms with Crippen LogP contribution in [0, 0.1) is 6.92 Å². The molecule has 0 aliphatic carbocycles. The second-order valence-electron chi connectivity index (χ2n) is 3.92. The van der Waals surface area contributed by atoms with Crippen LogP contribution in [-0.4, -0.2) is 18.6 Å². The molecule has 0 radical (unpaired) electrons. The Balaban J connectivity index is 0.00000162. The van der Waals surface area contributed by atoms with Gasteiger partial charge in [-0.3, -0.25) is 0 Å². The highest BCUT2D eigenvalue weighted by atomic mass is 79.9. The first-order chi connectivity index (χ1) is 7.90. The molecule has 1 aromatic carbocycles. The molecule has 0 spiro atoms. The van der Waals surface area contributed by atoms with Crippen LogP contribution in [0.3, 0.4) is 0 Å². The Kier molecular flexibility index (Phi) is 4.55. The van der Waals surface area contributed by atoms with Crippen LogP contribution < -0.4 is 5.32 Å². The number of cyclic esters (lactones) is 1. The van der Waals surface area contributed by atoms with Crippen molar-refractivity contribution in [3.05, 3.63) is 33.8 Å². The van der Waals surface area contributed by atoms with Crippen molar-refractivity contribution in [2.24, 2.45) is 0 Å². The van der Waals surface area contributed by atoms with Gasteiger partial charge in [-0.1, -0.05) is 28.1 Å². The summed E-state index contributed by atoms with van der Waals surface area (Å²) >= 11 is 3.28. The average molecular weight is 343 g/mol. The molecule has 100 valence electrons. The number of rotatable bonds is 1. The lowest BCUT2D eigenvalue weighted by molar-refractivity contribution is -0.104. The van der Waals surface area contributed by atoms with E-state index in [1.165, 1.54) is 0 Å². The van der Waals surface area contributed by atoms with Gasteiger partial charge in [-0.25, -0.2) is 13.6 Å². The molecule has 0 aromatic heterocycles. The van der Waals surface area contributed by atoms with E-state index in [9.17, 15) is 13.6 Å². The van der Waals surface area contributed by atoms with Gasteiger partial charge in [-0.2, -0.15) is 0 Å². The van der Waals surface area contributed by atoms with E-state index in [2.05, 4.69) is 26.0 Å². The highest BCUT2D eigenvalue weighted by Crippen LogP contribution is 2.35. The third-order valence-electron chi connectivity index (χ3n) is 2.61. The minimum atomic E-state index is -3.11. The summed E-state index contributed by atoms with van der Waals surface area (Å²) in [5.74, 6) is -3.11. The highest BCUT2D eigenvalue weighted by molar-refractivity contribution is 9.10. The topological polar surface area (TPSA) is 38.3 Å². The average Bonchev–Trinajstić information content (AvgIpc) is 2.26.